The van der Waals surface area contributed by atoms with Crippen molar-refractivity contribution in [3.05, 3.63) is 65.2 Å². The van der Waals surface area contributed by atoms with Gasteiger partial charge in [-0.05, 0) is 49.9 Å². The van der Waals surface area contributed by atoms with Gasteiger partial charge in [-0.1, -0.05) is 36.4 Å². The predicted octanol–water partition coefficient (Wildman–Crippen LogP) is 3.86. The highest BCUT2D eigenvalue weighted by molar-refractivity contribution is 6.05. The number of anilines is 1. The van der Waals surface area contributed by atoms with Crippen molar-refractivity contribution in [2.24, 2.45) is 5.92 Å². The van der Waals surface area contributed by atoms with Crippen LogP contribution in [0, 0.1) is 12.8 Å². The van der Waals surface area contributed by atoms with E-state index in [2.05, 4.69) is 5.32 Å². The number of rotatable bonds is 5. The summed E-state index contributed by atoms with van der Waals surface area (Å²) in [5.41, 5.74) is 3.42. The van der Waals surface area contributed by atoms with Gasteiger partial charge in [0.1, 0.15) is 0 Å². The van der Waals surface area contributed by atoms with Crippen LogP contribution in [0.2, 0.25) is 0 Å². The van der Waals surface area contributed by atoms with Crippen LogP contribution in [0.25, 0.3) is 0 Å². The van der Waals surface area contributed by atoms with Crippen molar-refractivity contribution in [1.29, 1.82) is 0 Å². The molecule has 4 heteroatoms. The fourth-order valence-electron chi connectivity index (χ4n) is 3.11. The lowest BCUT2D eigenvalue weighted by Crippen LogP contribution is -2.32. The Hall–Kier alpha value is -2.62. The number of carbonyl (C=O) groups is 2. The quantitative estimate of drug-likeness (QED) is 0.901. The van der Waals surface area contributed by atoms with Gasteiger partial charge in [0.2, 0.25) is 5.91 Å². The molecular weight excluding hydrogens is 312 g/mol. The third-order valence-electron chi connectivity index (χ3n) is 4.77. The summed E-state index contributed by atoms with van der Waals surface area (Å²) in [7, 11) is 1.75. The topological polar surface area (TPSA) is 49.4 Å². The molecule has 25 heavy (non-hydrogen) atoms. The van der Waals surface area contributed by atoms with E-state index in [9.17, 15) is 9.59 Å². The molecular formula is C21H24N2O2. The lowest BCUT2D eigenvalue weighted by molar-refractivity contribution is -0.119. The Morgan fingerprint density at radius 3 is 2.40 bits per heavy atom. The summed E-state index contributed by atoms with van der Waals surface area (Å²) in [5.74, 6) is 0.0426. The molecule has 0 radical (unpaired) electrons. The van der Waals surface area contributed by atoms with Gasteiger partial charge in [-0.15, -0.1) is 0 Å². The number of aryl methyl sites for hydroxylation is 1. The first-order valence-corrected chi connectivity index (χ1v) is 8.72. The van der Waals surface area contributed by atoms with E-state index in [4.69, 9.17) is 0 Å². The monoisotopic (exact) mass is 336 g/mol. The van der Waals surface area contributed by atoms with Gasteiger partial charge in [0.25, 0.3) is 5.91 Å². The zero-order chi connectivity index (χ0) is 18.0. The van der Waals surface area contributed by atoms with Crippen molar-refractivity contribution in [2.75, 3.05) is 11.9 Å². The zero-order valence-electron chi connectivity index (χ0n) is 15.0. The molecule has 0 saturated heterocycles. The molecule has 2 amide bonds. The van der Waals surface area contributed by atoms with E-state index in [0.29, 0.717) is 11.3 Å². The highest BCUT2D eigenvalue weighted by Crippen LogP contribution is 2.33. The number of benzene rings is 2. The Kier molecular flexibility index (Phi) is 4.88. The van der Waals surface area contributed by atoms with Crippen LogP contribution in [-0.2, 0) is 4.79 Å². The zero-order valence-corrected chi connectivity index (χ0v) is 15.0. The Morgan fingerprint density at radius 1 is 1.08 bits per heavy atom. The van der Waals surface area contributed by atoms with Crippen molar-refractivity contribution < 1.29 is 9.59 Å². The molecule has 1 saturated carbocycles. The van der Waals surface area contributed by atoms with Gasteiger partial charge >= 0.3 is 0 Å². The van der Waals surface area contributed by atoms with Crippen molar-refractivity contribution in [3.63, 3.8) is 0 Å². The minimum absolute atomic E-state index is 0.0900. The van der Waals surface area contributed by atoms with E-state index in [1.54, 1.807) is 18.0 Å². The van der Waals surface area contributed by atoms with Crippen molar-refractivity contribution >= 4 is 17.5 Å². The molecule has 4 nitrogen and oxygen atoms in total. The third-order valence-corrected chi connectivity index (χ3v) is 4.77. The highest BCUT2D eigenvalue weighted by Gasteiger charge is 2.33. The summed E-state index contributed by atoms with van der Waals surface area (Å²) < 4.78 is 0. The lowest BCUT2D eigenvalue weighted by atomic mass is 10.0. The summed E-state index contributed by atoms with van der Waals surface area (Å²) >= 11 is 0. The van der Waals surface area contributed by atoms with Gasteiger partial charge in [0.15, 0.2) is 0 Å². The standard InChI is InChI=1S/C21H24N2O2/c1-14-8-4-5-9-17(14)15(2)22-20(24)18-10-6-7-11-19(18)23(3)21(25)16-12-13-16/h4-11,15-16H,12-13H2,1-3H3,(H,22,24). The fraction of sp³-hybridized carbons (Fsp3) is 0.333. The molecule has 1 aliphatic carbocycles. The van der Waals surface area contributed by atoms with E-state index < -0.39 is 0 Å². The average molecular weight is 336 g/mol. The van der Waals surface area contributed by atoms with E-state index in [1.807, 2.05) is 56.3 Å². The summed E-state index contributed by atoms with van der Waals surface area (Å²) in [4.78, 5) is 26.8. The number of para-hydroxylation sites is 1. The van der Waals surface area contributed by atoms with Crippen LogP contribution in [0.15, 0.2) is 48.5 Å². The molecule has 130 valence electrons. The van der Waals surface area contributed by atoms with Gasteiger partial charge in [-0.2, -0.15) is 0 Å². The summed E-state index contributed by atoms with van der Waals surface area (Å²) in [6, 6.07) is 15.2. The molecule has 0 aliphatic heterocycles. The number of hydrogen-bond donors (Lipinski definition) is 1. The van der Waals surface area contributed by atoms with Gasteiger partial charge in [-0.3, -0.25) is 9.59 Å². The second-order valence-electron chi connectivity index (χ2n) is 6.74. The molecule has 0 aromatic heterocycles. The second kappa shape index (κ2) is 7.09. The van der Waals surface area contributed by atoms with Crippen LogP contribution in [-0.4, -0.2) is 18.9 Å². The molecule has 2 aromatic carbocycles. The number of amides is 2. The first kappa shape index (κ1) is 17.2. The Bertz CT molecular complexity index is 796. The van der Waals surface area contributed by atoms with Crippen molar-refractivity contribution in [1.82, 2.24) is 5.32 Å². The van der Waals surface area contributed by atoms with Crippen LogP contribution in [0.1, 0.15) is 47.3 Å². The van der Waals surface area contributed by atoms with E-state index in [-0.39, 0.29) is 23.8 Å². The van der Waals surface area contributed by atoms with E-state index in [0.717, 1.165) is 24.0 Å². The molecule has 3 rings (SSSR count). The number of carbonyl (C=O) groups excluding carboxylic acids is 2. The maximum Gasteiger partial charge on any atom is 0.253 e. The fourth-order valence-corrected chi connectivity index (χ4v) is 3.11. The van der Waals surface area contributed by atoms with Crippen LogP contribution < -0.4 is 10.2 Å². The van der Waals surface area contributed by atoms with Gasteiger partial charge in [-0.25, -0.2) is 0 Å². The number of nitrogens with one attached hydrogen (secondary N) is 1. The smallest absolute Gasteiger partial charge is 0.253 e. The maximum absolute atomic E-state index is 12.8. The molecule has 0 spiro atoms. The summed E-state index contributed by atoms with van der Waals surface area (Å²) in [6.45, 7) is 4.01. The van der Waals surface area contributed by atoms with E-state index in [1.165, 1.54) is 0 Å². The second-order valence-corrected chi connectivity index (χ2v) is 6.74. The first-order valence-electron chi connectivity index (χ1n) is 8.72. The Labute approximate surface area is 148 Å². The van der Waals surface area contributed by atoms with Crippen molar-refractivity contribution in [2.45, 2.75) is 32.7 Å². The number of nitrogens with zero attached hydrogens (tertiary/aromatic N) is 1. The Balaban J connectivity index is 1.80. The lowest BCUT2D eigenvalue weighted by Gasteiger charge is -2.22. The minimum Gasteiger partial charge on any atom is -0.345 e. The summed E-state index contributed by atoms with van der Waals surface area (Å²) in [5, 5.41) is 3.06. The van der Waals surface area contributed by atoms with E-state index >= 15 is 0 Å². The molecule has 0 bridgehead atoms. The SMILES string of the molecule is Cc1ccccc1C(C)NC(=O)c1ccccc1N(C)C(=O)C1CC1. The van der Waals surface area contributed by atoms with Gasteiger partial charge in [0.05, 0.1) is 17.3 Å². The average Bonchev–Trinajstić information content (AvgIpc) is 3.45. The van der Waals surface area contributed by atoms with Crippen molar-refractivity contribution in [3.8, 4) is 0 Å². The largest absolute Gasteiger partial charge is 0.345 e. The molecule has 1 unspecified atom stereocenters. The minimum atomic E-state index is -0.165. The molecule has 1 atom stereocenters. The first-order chi connectivity index (χ1) is 12.0. The van der Waals surface area contributed by atoms with Gasteiger partial charge in [0, 0.05) is 13.0 Å². The molecule has 2 aromatic rings. The Morgan fingerprint density at radius 2 is 1.72 bits per heavy atom. The normalized spacial score (nSPS) is 14.7. The number of hydrogen-bond acceptors (Lipinski definition) is 2. The van der Waals surface area contributed by atoms with Crippen LogP contribution in [0.5, 0.6) is 0 Å². The molecule has 1 aliphatic rings. The maximum atomic E-state index is 12.8. The van der Waals surface area contributed by atoms with Crippen LogP contribution in [0.3, 0.4) is 0 Å². The van der Waals surface area contributed by atoms with Gasteiger partial charge < -0.3 is 10.2 Å². The molecule has 1 fully saturated rings. The predicted molar refractivity (Wildman–Crippen MR) is 99.6 cm³/mol. The van der Waals surface area contributed by atoms with Crippen LogP contribution in [0.4, 0.5) is 5.69 Å². The summed E-state index contributed by atoms with van der Waals surface area (Å²) in [6.07, 6.45) is 1.89. The molecule has 0 heterocycles. The highest BCUT2D eigenvalue weighted by atomic mass is 16.2. The molecule has 1 N–H and O–H groups in total. The third kappa shape index (κ3) is 3.73. The van der Waals surface area contributed by atoms with Crippen LogP contribution >= 0.6 is 0 Å².